The van der Waals surface area contributed by atoms with Gasteiger partial charge in [0.15, 0.2) is 4.47 Å². The summed E-state index contributed by atoms with van der Waals surface area (Å²) in [6, 6.07) is 0.766. The van der Waals surface area contributed by atoms with Gasteiger partial charge in [0.2, 0.25) is 0 Å². The number of nitrogens with two attached hydrogens (primary N) is 1. The lowest BCUT2D eigenvalue weighted by atomic mass is 9.91. The molecule has 0 radical (unpaired) electrons. The van der Waals surface area contributed by atoms with Gasteiger partial charge >= 0.3 is 0 Å². The number of nitrogens with zero attached hydrogens (tertiary/aromatic N) is 1. The Hall–Kier alpha value is 0.130. The van der Waals surface area contributed by atoms with Gasteiger partial charge in [0.05, 0.1) is 0 Å². The second-order valence-corrected chi connectivity index (χ2v) is 5.71. The van der Waals surface area contributed by atoms with Crippen molar-refractivity contribution in [3.8, 4) is 0 Å². The van der Waals surface area contributed by atoms with Crippen LogP contribution in [-0.2, 0) is 6.54 Å². The van der Waals surface area contributed by atoms with E-state index >= 15 is 0 Å². The van der Waals surface area contributed by atoms with E-state index in [0.29, 0.717) is 16.6 Å². The molecule has 3 N–H and O–H groups in total. The molecule has 0 bridgehead atoms. The molecule has 1 aliphatic carbocycles. The summed E-state index contributed by atoms with van der Waals surface area (Å²) in [6.07, 6.45) is 6.71. The SMILES string of the molecule is Cl.NC1CCCCC1NCc1cnc(Cl)s1. The van der Waals surface area contributed by atoms with E-state index in [9.17, 15) is 0 Å². The lowest BCUT2D eigenvalue weighted by Crippen LogP contribution is -2.46. The summed E-state index contributed by atoms with van der Waals surface area (Å²) in [7, 11) is 0. The van der Waals surface area contributed by atoms with Gasteiger partial charge in [-0.05, 0) is 12.8 Å². The second kappa shape index (κ2) is 6.77. The molecule has 0 aromatic carbocycles. The first-order valence-electron chi connectivity index (χ1n) is 5.35. The zero-order chi connectivity index (χ0) is 10.7. The molecule has 0 saturated heterocycles. The van der Waals surface area contributed by atoms with Crippen LogP contribution < -0.4 is 11.1 Å². The fraction of sp³-hybridized carbons (Fsp3) is 0.700. The number of halogens is 2. The highest BCUT2D eigenvalue weighted by atomic mass is 35.5. The molecule has 0 amide bonds. The van der Waals surface area contributed by atoms with Gasteiger partial charge in [0.25, 0.3) is 0 Å². The van der Waals surface area contributed by atoms with Crippen molar-refractivity contribution in [1.82, 2.24) is 10.3 Å². The summed E-state index contributed by atoms with van der Waals surface area (Å²) in [6.45, 7) is 0.836. The lowest BCUT2D eigenvalue weighted by Gasteiger charge is -2.29. The summed E-state index contributed by atoms with van der Waals surface area (Å²) in [4.78, 5) is 5.19. The molecule has 92 valence electrons. The predicted molar refractivity (Wildman–Crippen MR) is 71.4 cm³/mol. The molecule has 1 aromatic rings. The maximum Gasteiger partial charge on any atom is 0.183 e. The van der Waals surface area contributed by atoms with Gasteiger partial charge in [-0.1, -0.05) is 24.4 Å². The van der Waals surface area contributed by atoms with Gasteiger partial charge in [-0.2, -0.15) is 0 Å². The van der Waals surface area contributed by atoms with Crippen LogP contribution in [0.25, 0.3) is 0 Å². The van der Waals surface area contributed by atoms with Gasteiger partial charge in [-0.3, -0.25) is 0 Å². The third-order valence-electron chi connectivity index (χ3n) is 2.88. The molecule has 6 heteroatoms. The van der Waals surface area contributed by atoms with Crippen LogP contribution in [0, 0.1) is 0 Å². The van der Waals surface area contributed by atoms with Gasteiger partial charge in [-0.25, -0.2) is 4.98 Å². The molecule has 1 heterocycles. The van der Waals surface area contributed by atoms with Crippen LogP contribution in [0.4, 0.5) is 0 Å². The fourth-order valence-electron chi connectivity index (χ4n) is 2.01. The summed E-state index contributed by atoms with van der Waals surface area (Å²) >= 11 is 7.29. The van der Waals surface area contributed by atoms with E-state index in [1.54, 1.807) is 0 Å². The average molecular weight is 282 g/mol. The Kier molecular flexibility index (Phi) is 6.00. The standard InChI is InChI=1S/C10H16ClN3S.ClH/c11-10-14-6-7(15-10)5-13-9-4-2-1-3-8(9)12;/h6,8-9,13H,1-5,12H2;1H. The van der Waals surface area contributed by atoms with Crippen molar-refractivity contribution in [1.29, 1.82) is 0 Å². The molecule has 3 nitrogen and oxygen atoms in total. The normalized spacial score (nSPS) is 25.1. The van der Waals surface area contributed by atoms with E-state index in [1.807, 2.05) is 6.20 Å². The summed E-state index contributed by atoms with van der Waals surface area (Å²) in [5.41, 5.74) is 6.05. The van der Waals surface area contributed by atoms with Gasteiger partial charge in [-0.15, -0.1) is 23.7 Å². The number of rotatable bonds is 3. The van der Waals surface area contributed by atoms with Crippen molar-refractivity contribution >= 4 is 35.3 Å². The minimum atomic E-state index is 0. The minimum Gasteiger partial charge on any atom is -0.326 e. The maximum absolute atomic E-state index is 6.05. The van der Waals surface area contributed by atoms with Gasteiger partial charge in [0, 0.05) is 29.7 Å². The smallest absolute Gasteiger partial charge is 0.183 e. The summed E-state index contributed by atoms with van der Waals surface area (Å²) in [5, 5.41) is 3.49. The number of aromatic nitrogens is 1. The molecule has 2 atom stereocenters. The Morgan fingerprint density at radius 2 is 2.25 bits per heavy atom. The van der Waals surface area contributed by atoms with Crippen molar-refractivity contribution in [2.24, 2.45) is 5.73 Å². The van der Waals surface area contributed by atoms with Crippen LogP contribution in [0.1, 0.15) is 30.6 Å². The third-order valence-corrected chi connectivity index (χ3v) is 4.00. The molecule has 1 aliphatic rings. The monoisotopic (exact) mass is 281 g/mol. The summed E-state index contributed by atoms with van der Waals surface area (Å²) < 4.78 is 0.611. The highest BCUT2D eigenvalue weighted by molar-refractivity contribution is 7.15. The highest BCUT2D eigenvalue weighted by Gasteiger charge is 2.20. The van der Waals surface area contributed by atoms with Gasteiger partial charge < -0.3 is 11.1 Å². The zero-order valence-corrected chi connectivity index (χ0v) is 11.4. The fourth-order valence-corrected chi connectivity index (χ4v) is 2.94. The van der Waals surface area contributed by atoms with E-state index in [2.05, 4.69) is 10.3 Å². The van der Waals surface area contributed by atoms with Crippen LogP contribution in [0.5, 0.6) is 0 Å². The van der Waals surface area contributed by atoms with Crippen LogP contribution >= 0.6 is 35.3 Å². The molecule has 0 spiro atoms. The van der Waals surface area contributed by atoms with Crippen molar-refractivity contribution in [2.75, 3.05) is 0 Å². The zero-order valence-electron chi connectivity index (χ0n) is 8.99. The van der Waals surface area contributed by atoms with Crippen molar-refractivity contribution in [3.63, 3.8) is 0 Å². The van der Waals surface area contributed by atoms with E-state index in [0.717, 1.165) is 13.0 Å². The number of nitrogens with one attached hydrogen (secondary N) is 1. The van der Waals surface area contributed by atoms with Crippen molar-refractivity contribution in [3.05, 3.63) is 15.5 Å². The Bertz CT molecular complexity index is 319. The van der Waals surface area contributed by atoms with Crippen LogP contribution in [0.15, 0.2) is 6.20 Å². The molecular formula is C10H17Cl2N3S. The molecule has 2 unspecified atom stereocenters. The molecule has 2 rings (SSSR count). The van der Waals surface area contributed by atoms with E-state index in [1.165, 1.54) is 35.5 Å². The number of hydrogen-bond donors (Lipinski definition) is 2. The number of thiazole rings is 1. The Labute approximate surface area is 111 Å². The molecule has 16 heavy (non-hydrogen) atoms. The Morgan fingerprint density at radius 3 is 2.88 bits per heavy atom. The molecule has 1 saturated carbocycles. The third kappa shape index (κ3) is 3.86. The van der Waals surface area contributed by atoms with Crippen LogP contribution in [-0.4, -0.2) is 17.1 Å². The van der Waals surface area contributed by atoms with Crippen LogP contribution in [0.3, 0.4) is 0 Å². The predicted octanol–water partition coefficient (Wildman–Crippen LogP) is 2.58. The van der Waals surface area contributed by atoms with E-state index in [-0.39, 0.29) is 12.4 Å². The first-order chi connectivity index (χ1) is 7.25. The maximum atomic E-state index is 6.05. The Balaban J connectivity index is 0.00000128. The largest absolute Gasteiger partial charge is 0.326 e. The minimum absolute atomic E-state index is 0. The second-order valence-electron chi connectivity index (χ2n) is 4.02. The van der Waals surface area contributed by atoms with Crippen LogP contribution in [0.2, 0.25) is 4.47 Å². The molecule has 0 aliphatic heterocycles. The van der Waals surface area contributed by atoms with Crippen molar-refractivity contribution in [2.45, 2.75) is 44.3 Å². The first-order valence-corrected chi connectivity index (χ1v) is 6.54. The van der Waals surface area contributed by atoms with E-state index < -0.39 is 0 Å². The first kappa shape index (κ1) is 14.2. The van der Waals surface area contributed by atoms with E-state index in [4.69, 9.17) is 17.3 Å². The van der Waals surface area contributed by atoms with Crippen molar-refractivity contribution < 1.29 is 0 Å². The lowest BCUT2D eigenvalue weighted by molar-refractivity contribution is 0.327. The Morgan fingerprint density at radius 1 is 1.50 bits per heavy atom. The average Bonchev–Trinajstić information content (AvgIpc) is 2.63. The summed E-state index contributed by atoms with van der Waals surface area (Å²) in [5.74, 6) is 0. The molecule has 1 fully saturated rings. The quantitative estimate of drug-likeness (QED) is 0.896. The number of hydrogen-bond acceptors (Lipinski definition) is 4. The van der Waals surface area contributed by atoms with Gasteiger partial charge in [0.1, 0.15) is 0 Å². The molecular weight excluding hydrogens is 265 g/mol. The topological polar surface area (TPSA) is 50.9 Å². The highest BCUT2D eigenvalue weighted by Crippen LogP contribution is 2.20. The molecule has 1 aromatic heterocycles.